The van der Waals surface area contributed by atoms with E-state index in [1.165, 1.54) is 11.3 Å². The number of aromatic nitrogens is 4. The second-order valence-electron chi connectivity index (χ2n) is 4.42. The predicted octanol–water partition coefficient (Wildman–Crippen LogP) is 3.36. The van der Waals surface area contributed by atoms with Crippen LogP contribution in [0.3, 0.4) is 0 Å². The SMILES string of the molecule is Cc1ccnc(Nc2nnc(-c3ncccc3C)s2)c1. The van der Waals surface area contributed by atoms with E-state index in [1.54, 1.807) is 12.4 Å². The number of rotatable bonds is 3. The van der Waals surface area contributed by atoms with Gasteiger partial charge in [0.2, 0.25) is 5.13 Å². The van der Waals surface area contributed by atoms with Crippen molar-refractivity contribution in [1.29, 1.82) is 0 Å². The molecule has 0 radical (unpaired) electrons. The average molecular weight is 283 g/mol. The van der Waals surface area contributed by atoms with Crippen LogP contribution >= 0.6 is 11.3 Å². The molecule has 0 fully saturated rings. The third-order valence-electron chi connectivity index (χ3n) is 2.79. The van der Waals surface area contributed by atoms with Crippen molar-refractivity contribution >= 4 is 22.3 Å². The summed E-state index contributed by atoms with van der Waals surface area (Å²) in [6.45, 7) is 4.04. The standard InChI is InChI=1S/C14H13N5S/c1-9-5-7-15-11(8-9)17-14-19-18-13(20-14)12-10(2)4-3-6-16-12/h3-8H,1-2H3,(H,15,17,19). The van der Waals surface area contributed by atoms with Gasteiger partial charge in [-0.15, -0.1) is 10.2 Å². The molecule has 3 heterocycles. The number of nitrogens with one attached hydrogen (secondary N) is 1. The van der Waals surface area contributed by atoms with Crippen molar-refractivity contribution in [2.24, 2.45) is 0 Å². The molecule has 0 aromatic carbocycles. The number of pyridine rings is 2. The second kappa shape index (κ2) is 5.34. The van der Waals surface area contributed by atoms with Crippen molar-refractivity contribution in [2.75, 3.05) is 5.32 Å². The van der Waals surface area contributed by atoms with Gasteiger partial charge in [-0.1, -0.05) is 17.4 Å². The monoisotopic (exact) mass is 283 g/mol. The molecule has 20 heavy (non-hydrogen) atoms. The molecule has 5 nitrogen and oxygen atoms in total. The highest BCUT2D eigenvalue weighted by Gasteiger charge is 2.10. The third-order valence-corrected chi connectivity index (χ3v) is 3.63. The lowest BCUT2D eigenvalue weighted by Gasteiger charge is -2.01. The van der Waals surface area contributed by atoms with Crippen LogP contribution in [0.25, 0.3) is 10.7 Å². The highest BCUT2D eigenvalue weighted by Crippen LogP contribution is 2.28. The fourth-order valence-corrected chi connectivity index (χ4v) is 2.61. The zero-order chi connectivity index (χ0) is 13.9. The van der Waals surface area contributed by atoms with E-state index < -0.39 is 0 Å². The van der Waals surface area contributed by atoms with Crippen LogP contribution in [0.2, 0.25) is 0 Å². The summed E-state index contributed by atoms with van der Waals surface area (Å²) in [4.78, 5) is 8.59. The van der Waals surface area contributed by atoms with Gasteiger partial charge < -0.3 is 5.32 Å². The molecule has 0 bridgehead atoms. The topological polar surface area (TPSA) is 63.6 Å². The first-order valence-electron chi connectivity index (χ1n) is 6.17. The van der Waals surface area contributed by atoms with Gasteiger partial charge >= 0.3 is 0 Å². The summed E-state index contributed by atoms with van der Waals surface area (Å²) in [7, 11) is 0. The number of hydrogen-bond donors (Lipinski definition) is 1. The molecule has 3 aromatic rings. The number of aryl methyl sites for hydroxylation is 2. The quantitative estimate of drug-likeness (QED) is 0.798. The Morgan fingerprint density at radius 1 is 1.05 bits per heavy atom. The van der Waals surface area contributed by atoms with E-state index >= 15 is 0 Å². The lowest BCUT2D eigenvalue weighted by atomic mass is 10.2. The van der Waals surface area contributed by atoms with Crippen LogP contribution in [0.1, 0.15) is 11.1 Å². The van der Waals surface area contributed by atoms with Crippen molar-refractivity contribution in [3.05, 3.63) is 47.8 Å². The zero-order valence-electron chi connectivity index (χ0n) is 11.2. The molecule has 0 saturated heterocycles. The van der Waals surface area contributed by atoms with Crippen LogP contribution in [0.5, 0.6) is 0 Å². The van der Waals surface area contributed by atoms with Gasteiger partial charge in [-0.3, -0.25) is 4.98 Å². The third kappa shape index (κ3) is 2.65. The van der Waals surface area contributed by atoms with Crippen LogP contribution in [0.4, 0.5) is 10.9 Å². The molecule has 100 valence electrons. The average Bonchev–Trinajstić information content (AvgIpc) is 2.87. The van der Waals surface area contributed by atoms with Crippen LogP contribution in [0.15, 0.2) is 36.7 Å². The molecular weight excluding hydrogens is 270 g/mol. The molecule has 0 saturated carbocycles. The maximum Gasteiger partial charge on any atom is 0.211 e. The Labute approximate surface area is 120 Å². The van der Waals surface area contributed by atoms with Crippen LogP contribution in [-0.4, -0.2) is 20.2 Å². The minimum absolute atomic E-state index is 0.711. The molecule has 0 amide bonds. The molecule has 3 aromatic heterocycles. The molecule has 3 rings (SSSR count). The summed E-state index contributed by atoms with van der Waals surface area (Å²) in [6, 6.07) is 7.84. The maximum absolute atomic E-state index is 4.35. The van der Waals surface area contributed by atoms with Gasteiger partial charge in [0.15, 0.2) is 5.01 Å². The summed E-state index contributed by atoms with van der Waals surface area (Å²) < 4.78 is 0. The Morgan fingerprint density at radius 3 is 2.75 bits per heavy atom. The summed E-state index contributed by atoms with van der Waals surface area (Å²) >= 11 is 1.47. The smallest absolute Gasteiger partial charge is 0.211 e. The Kier molecular flexibility index (Phi) is 3.39. The van der Waals surface area contributed by atoms with Gasteiger partial charge in [0.05, 0.1) is 0 Å². The van der Waals surface area contributed by atoms with Crippen molar-refractivity contribution < 1.29 is 0 Å². The fraction of sp³-hybridized carbons (Fsp3) is 0.143. The Hall–Kier alpha value is -2.34. The Morgan fingerprint density at radius 2 is 1.95 bits per heavy atom. The molecule has 0 aliphatic heterocycles. The van der Waals surface area contributed by atoms with Crippen molar-refractivity contribution in [3.63, 3.8) is 0 Å². The minimum Gasteiger partial charge on any atom is -0.315 e. The molecule has 6 heteroatoms. The number of anilines is 2. The first-order chi connectivity index (χ1) is 9.72. The highest BCUT2D eigenvalue weighted by atomic mass is 32.1. The van der Waals surface area contributed by atoms with E-state index in [9.17, 15) is 0 Å². The lowest BCUT2D eigenvalue weighted by Crippen LogP contribution is -1.92. The summed E-state index contributed by atoms with van der Waals surface area (Å²) in [5.74, 6) is 0.769. The first kappa shape index (κ1) is 12.7. The van der Waals surface area contributed by atoms with Gasteiger partial charge in [0.25, 0.3) is 0 Å². The van der Waals surface area contributed by atoms with Gasteiger partial charge in [0.1, 0.15) is 11.5 Å². The van der Waals surface area contributed by atoms with E-state index in [2.05, 4.69) is 25.5 Å². The van der Waals surface area contributed by atoms with E-state index in [0.29, 0.717) is 5.13 Å². The summed E-state index contributed by atoms with van der Waals surface area (Å²) in [5, 5.41) is 13.0. The zero-order valence-corrected chi connectivity index (χ0v) is 12.0. The Bertz CT molecular complexity index is 738. The van der Waals surface area contributed by atoms with E-state index in [0.717, 1.165) is 27.6 Å². The summed E-state index contributed by atoms with van der Waals surface area (Å²) in [5.41, 5.74) is 3.10. The van der Waals surface area contributed by atoms with Crippen molar-refractivity contribution in [2.45, 2.75) is 13.8 Å². The van der Waals surface area contributed by atoms with Crippen molar-refractivity contribution in [3.8, 4) is 10.7 Å². The van der Waals surface area contributed by atoms with Crippen LogP contribution < -0.4 is 5.32 Å². The predicted molar refractivity (Wildman–Crippen MR) is 80.1 cm³/mol. The number of hydrogen-bond acceptors (Lipinski definition) is 6. The van der Waals surface area contributed by atoms with E-state index in [4.69, 9.17) is 0 Å². The van der Waals surface area contributed by atoms with Crippen molar-refractivity contribution in [1.82, 2.24) is 20.2 Å². The molecule has 0 atom stereocenters. The van der Waals surface area contributed by atoms with Gasteiger partial charge in [0, 0.05) is 12.4 Å². The molecule has 0 spiro atoms. The minimum atomic E-state index is 0.711. The fourth-order valence-electron chi connectivity index (χ4n) is 1.79. The summed E-state index contributed by atoms with van der Waals surface area (Å²) in [6.07, 6.45) is 3.53. The molecule has 1 N–H and O–H groups in total. The van der Waals surface area contributed by atoms with E-state index in [-0.39, 0.29) is 0 Å². The number of nitrogens with zero attached hydrogens (tertiary/aromatic N) is 4. The highest BCUT2D eigenvalue weighted by molar-refractivity contribution is 7.18. The Balaban J connectivity index is 1.86. The first-order valence-corrected chi connectivity index (χ1v) is 6.99. The molecular formula is C14H13N5S. The largest absolute Gasteiger partial charge is 0.315 e. The maximum atomic E-state index is 4.35. The van der Waals surface area contributed by atoms with Crippen LogP contribution in [-0.2, 0) is 0 Å². The lowest BCUT2D eigenvalue weighted by molar-refractivity contribution is 1.08. The van der Waals surface area contributed by atoms with E-state index in [1.807, 2.05) is 38.1 Å². The normalized spacial score (nSPS) is 10.5. The molecule has 0 unspecified atom stereocenters. The molecule has 0 aliphatic carbocycles. The van der Waals surface area contributed by atoms with Gasteiger partial charge in [-0.2, -0.15) is 0 Å². The van der Waals surface area contributed by atoms with Crippen LogP contribution in [0, 0.1) is 13.8 Å². The molecule has 0 aliphatic rings. The van der Waals surface area contributed by atoms with Gasteiger partial charge in [-0.25, -0.2) is 4.98 Å². The van der Waals surface area contributed by atoms with Gasteiger partial charge in [-0.05, 0) is 43.2 Å². The second-order valence-corrected chi connectivity index (χ2v) is 5.40.